The molecular weight excluding hydrogens is 261 g/mol. The zero-order chi connectivity index (χ0) is 6.91. The van der Waals surface area contributed by atoms with Crippen molar-refractivity contribution < 1.29 is 18.0 Å². The van der Waals surface area contributed by atoms with Crippen molar-refractivity contribution in [1.29, 1.82) is 0 Å². The van der Waals surface area contributed by atoms with E-state index in [1.165, 1.54) is 22.0 Å². The van der Waals surface area contributed by atoms with E-state index < -0.39 is 11.6 Å². The van der Waals surface area contributed by atoms with Gasteiger partial charge in [0.2, 0.25) is 6.36 Å². The Hall–Kier alpha value is 0.810. The lowest BCUT2D eigenvalue weighted by Crippen LogP contribution is -2.13. The van der Waals surface area contributed by atoms with E-state index in [2.05, 4.69) is 9.05 Å². The summed E-state index contributed by atoms with van der Waals surface area (Å²) >= 11 is 1.48. The third-order valence-corrected chi connectivity index (χ3v) is 3.32. The van der Waals surface area contributed by atoms with Crippen LogP contribution in [0.2, 0.25) is 0 Å². The molecule has 1 heterocycles. The number of alkyl halides is 1. The Balaban J connectivity index is 2.51. The number of halogens is 2. The Morgan fingerprint density at radius 2 is 2.44 bits per heavy atom. The average Bonchev–Trinajstić information content (AvgIpc) is 1.60. The molecule has 54 valence electrons. The van der Waals surface area contributed by atoms with E-state index in [0.717, 1.165) is 0 Å². The van der Waals surface area contributed by atoms with Crippen LogP contribution in [0.1, 0.15) is 6.42 Å². The molecule has 0 spiro atoms. The molecule has 1 saturated heterocycles. The molecule has 1 aliphatic heterocycles. The highest BCUT2D eigenvalue weighted by atomic mass is 127. The van der Waals surface area contributed by atoms with Crippen LogP contribution in [0.25, 0.3) is 0 Å². The highest BCUT2D eigenvalue weighted by Gasteiger charge is 2.30. The SMILES string of the molecule is O=P1(I)OCCC(F)O1. The van der Waals surface area contributed by atoms with Crippen molar-refractivity contribution in [3.05, 3.63) is 0 Å². The van der Waals surface area contributed by atoms with Gasteiger partial charge in [-0.05, 0) is 0 Å². The maximum Gasteiger partial charge on any atom is 0.391 e. The van der Waals surface area contributed by atoms with Gasteiger partial charge in [-0.25, -0.2) is 8.96 Å². The zero-order valence-corrected chi connectivity index (χ0v) is 7.47. The molecule has 0 aliphatic carbocycles. The van der Waals surface area contributed by atoms with Crippen molar-refractivity contribution in [3.8, 4) is 0 Å². The van der Waals surface area contributed by atoms with Crippen LogP contribution in [-0.2, 0) is 13.6 Å². The molecule has 2 atom stereocenters. The number of hydrogen-bond acceptors (Lipinski definition) is 3. The fraction of sp³-hybridized carbons (Fsp3) is 1.00. The monoisotopic (exact) mass is 266 g/mol. The minimum atomic E-state index is -3.05. The minimum absolute atomic E-state index is 0.174. The summed E-state index contributed by atoms with van der Waals surface area (Å²) in [5.74, 6) is 0. The van der Waals surface area contributed by atoms with Gasteiger partial charge < -0.3 is 4.52 Å². The van der Waals surface area contributed by atoms with Crippen LogP contribution in [-0.4, -0.2) is 13.0 Å². The van der Waals surface area contributed by atoms with Crippen molar-refractivity contribution in [2.45, 2.75) is 12.8 Å². The van der Waals surface area contributed by atoms with Gasteiger partial charge in [0.05, 0.1) is 28.6 Å². The van der Waals surface area contributed by atoms with Crippen molar-refractivity contribution in [3.63, 3.8) is 0 Å². The third-order valence-electron chi connectivity index (χ3n) is 0.831. The standard InChI is InChI=1S/C3H5FIO3P/c4-3-1-2-7-9(5,6)8-3/h3H,1-2H2. The largest absolute Gasteiger partial charge is 0.391 e. The first-order valence-corrected chi connectivity index (χ1v) is 6.70. The molecule has 1 aliphatic rings. The molecule has 0 radical (unpaired) electrons. The van der Waals surface area contributed by atoms with Gasteiger partial charge in [0, 0.05) is 6.42 Å². The lowest BCUT2D eigenvalue weighted by Gasteiger charge is -2.20. The summed E-state index contributed by atoms with van der Waals surface area (Å²) in [5, 5.41) is -3.05. The van der Waals surface area contributed by atoms with Gasteiger partial charge >= 0.3 is 5.24 Å². The summed E-state index contributed by atoms with van der Waals surface area (Å²) in [5.41, 5.74) is 0. The zero-order valence-electron chi connectivity index (χ0n) is 4.42. The second kappa shape index (κ2) is 2.82. The van der Waals surface area contributed by atoms with Crippen LogP contribution in [0.5, 0.6) is 0 Å². The van der Waals surface area contributed by atoms with E-state index in [-0.39, 0.29) is 13.0 Å². The molecule has 0 amide bonds. The molecule has 0 aromatic rings. The van der Waals surface area contributed by atoms with Crippen molar-refractivity contribution in [1.82, 2.24) is 0 Å². The van der Waals surface area contributed by atoms with Crippen molar-refractivity contribution in [2.75, 3.05) is 6.61 Å². The summed E-state index contributed by atoms with van der Waals surface area (Å²) in [6, 6.07) is 0. The topological polar surface area (TPSA) is 35.5 Å². The molecule has 0 aromatic carbocycles. The Bertz CT molecular complexity index is 152. The summed E-state index contributed by atoms with van der Waals surface area (Å²) in [6.07, 6.45) is -1.24. The summed E-state index contributed by atoms with van der Waals surface area (Å²) < 4.78 is 31.9. The van der Waals surface area contributed by atoms with E-state index in [1.807, 2.05) is 0 Å². The first-order valence-electron chi connectivity index (χ1n) is 2.37. The van der Waals surface area contributed by atoms with Crippen LogP contribution in [0.15, 0.2) is 0 Å². The summed E-state index contributed by atoms with van der Waals surface area (Å²) in [6.45, 7) is 0.182. The molecule has 3 nitrogen and oxygen atoms in total. The van der Waals surface area contributed by atoms with Gasteiger partial charge in [-0.15, -0.1) is 0 Å². The molecule has 0 aromatic heterocycles. The number of hydrogen-bond donors (Lipinski definition) is 0. The lowest BCUT2D eigenvalue weighted by atomic mass is 10.5. The molecule has 6 heteroatoms. The smallest absolute Gasteiger partial charge is 0.301 e. The Morgan fingerprint density at radius 3 is 2.78 bits per heavy atom. The normalized spacial score (nSPS) is 44.9. The Labute approximate surface area is 64.9 Å². The third kappa shape index (κ3) is 2.49. The Morgan fingerprint density at radius 1 is 1.78 bits per heavy atom. The quantitative estimate of drug-likeness (QED) is 0.498. The minimum Gasteiger partial charge on any atom is -0.301 e. The first-order chi connectivity index (χ1) is 4.10. The Kier molecular flexibility index (Phi) is 2.48. The molecule has 1 fully saturated rings. The number of rotatable bonds is 0. The van der Waals surface area contributed by atoms with Gasteiger partial charge in [0.15, 0.2) is 0 Å². The molecule has 0 N–H and O–H groups in total. The van der Waals surface area contributed by atoms with E-state index in [0.29, 0.717) is 0 Å². The van der Waals surface area contributed by atoms with Crippen LogP contribution < -0.4 is 0 Å². The molecule has 9 heavy (non-hydrogen) atoms. The summed E-state index contributed by atoms with van der Waals surface area (Å²) in [7, 11) is 0. The van der Waals surface area contributed by atoms with Crippen LogP contribution in [0, 0.1) is 0 Å². The highest BCUT2D eigenvalue weighted by molar-refractivity contribution is 14.2. The van der Waals surface area contributed by atoms with Gasteiger partial charge in [-0.1, -0.05) is 0 Å². The second-order valence-corrected chi connectivity index (χ2v) is 6.44. The van der Waals surface area contributed by atoms with Gasteiger partial charge in [0.1, 0.15) is 0 Å². The van der Waals surface area contributed by atoms with E-state index in [4.69, 9.17) is 0 Å². The maximum atomic E-state index is 12.2. The molecule has 0 saturated carbocycles. The maximum absolute atomic E-state index is 12.2. The summed E-state index contributed by atoms with van der Waals surface area (Å²) in [4.78, 5) is 0. The van der Waals surface area contributed by atoms with Crippen LogP contribution in [0.3, 0.4) is 0 Å². The molecule has 1 rings (SSSR count). The van der Waals surface area contributed by atoms with Crippen LogP contribution >= 0.6 is 27.3 Å². The van der Waals surface area contributed by atoms with E-state index in [9.17, 15) is 8.96 Å². The predicted molar refractivity (Wildman–Crippen MR) is 38.2 cm³/mol. The van der Waals surface area contributed by atoms with Gasteiger partial charge in [-0.2, -0.15) is 0 Å². The van der Waals surface area contributed by atoms with Crippen molar-refractivity contribution >= 4 is 27.3 Å². The highest BCUT2D eigenvalue weighted by Crippen LogP contribution is 2.60. The van der Waals surface area contributed by atoms with E-state index in [1.54, 1.807) is 0 Å². The van der Waals surface area contributed by atoms with E-state index >= 15 is 0 Å². The second-order valence-electron chi connectivity index (χ2n) is 1.57. The first kappa shape index (κ1) is 7.91. The molecular formula is C3H5FIO3P. The fourth-order valence-electron chi connectivity index (χ4n) is 0.474. The van der Waals surface area contributed by atoms with Gasteiger partial charge in [-0.3, -0.25) is 4.52 Å². The fourth-order valence-corrected chi connectivity index (χ4v) is 2.57. The van der Waals surface area contributed by atoms with Crippen LogP contribution in [0.4, 0.5) is 4.39 Å². The lowest BCUT2D eigenvalue weighted by molar-refractivity contribution is 0.00561. The molecule has 2 unspecified atom stereocenters. The predicted octanol–water partition coefficient (Wildman–Crippen LogP) is 2.26. The average molecular weight is 266 g/mol. The molecule has 0 bridgehead atoms. The van der Waals surface area contributed by atoms with Gasteiger partial charge in [0.25, 0.3) is 0 Å². The van der Waals surface area contributed by atoms with Crippen molar-refractivity contribution in [2.24, 2.45) is 0 Å².